The molecule has 0 aromatic heterocycles. The van der Waals surface area contributed by atoms with E-state index >= 15 is 0 Å². The summed E-state index contributed by atoms with van der Waals surface area (Å²) in [6.07, 6.45) is 0.552. The largest absolute Gasteiger partial charge is 0.392 e. The van der Waals surface area contributed by atoms with Gasteiger partial charge >= 0.3 is 0 Å². The molecular weight excluding hydrogens is 240 g/mol. The molecule has 0 spiro atoms. The van der Waals surface area contributed by atoms with Gasteiger partial charge in [-0.05, 0) is 24.1 Å². The summed E-state index contributed by atoms with van der Waals surface area (Å²) < 4.78 is 5.36. The van der Waals surface area contributed by atoms with E-state index in [4.69, 9.17) is 4.74 Å². The van der Waals surface area contributed by atoms with Gasteiger partial charge in [0.25, 0.3) is 0 Å². The number of benzene rings is 1. The van der Waals surface area contributed by atoms with E-state index in [1.165, 1.54) is 11.3 Å². The first-order chi connectivity index (χ1) is 9.29. The summed E-state index contributed by atoms with van der Waals surface area (Å²) in [6.45, 7) is 7.03. The van der Waals surface area contributed by atoms with Crippen LogP contribution < -0.4 is 10.2 Å². The summed E-state index contributed by atoms with van der Waals surface area (Å²) in [5.74, 6) is 0. The van der Waals surface area contributed by atoms with Crippen LogP contribution in [0.2, 0.25) is 0 Å². The highest BCUT2D eigenvalue weighted by atomic mass is 16.5. The molecule has 4 heteroatoms. The number of nitrogens with one attached hydrogen (secondary N) is 1. The van der Waals surface area contributed by atoms with E-state index in [1.54, 1.807) is 0 Å². The molecular formula is C15H24N2O2. The number of hydrogen-bond acceptors (Lipinski definition) is 4. The zero-order valence-corrected chi connectivity index (χ0v) is 11.6. The van der Waals surface area contributed by atoms with Crippen molar-refractivity contribution in [3.8, 4) is 0 Å². The molecule has 1 aromatic rings. The Bertz CT molecular complexity index is 361. The molecule has 1 atom stereocenters. The zero-order chi connectivity index (χ0) is 13.5. The number of nitrogens with zero attached hydrogens (tertiary/aromatic N) is 1. The maximum atomic E-state index is 9.47. The van der Waals surface area contributed by atoms with Gasteiger partial charge in [-0.15, -0.1) is 0 Å². The molecule has 4 nitrogen and oxygen atoms in total. The Labute approximate surface area is 115 Å². The maximum absolute atomic E-state index is 9.47. The summed E-state index contributed by atoms with van der Waals surface area (Å²) in [6, 6.07) is 8.63. The predicted octanol–water partition coefficient (Wildman–Crippen LogP) is 1.38. The molecule has 2 rings (SSSR count). The van der Waals surface area contributed by atoms with E-state index < -0.39 is 0 Å². The van der Waals surface area contributed by atoms with Gasteiger partial charge in [-0.2, -0.15) is 0 Å². The number of hydrogen-bond donors (Lipinski definition) is 2. The van der Waals surface area contributed by atoms with E-state index in [-0.39, 0.29) is 6.10 Å². The van der Waals surface area contributed by atoms with Gasteiger partial charge in [-0.25, -0.2) is 0 Å². The van der Waals surface area contributed by atoms with Crippen LogP contribution in [0.3, 0.4) is 0 Å². The highest BCUT2D eigenvalue weighted by molar-refractivity contribution is 5.47. The summed E-state index contributed by atoms with van der Waals surface area (Å²) in [5.41, 5.74) is 2.51. The van der Waals surface area contributed by atoms with E-state index in [9.17, 15) is 5.11 Å². The highest BCUT2D eigenvalue weighted by Gasteiger charge is 2.10. The highest BCUT2D eigenvalue weighted by Crippen LogP contribution is 2.16. The van der Waals surface area contributed by atoms with Crippen molar-refractivity contribution in [1.82, 2.24) is 5.32 Å². The van der Waals surface area contributed by atoms with Crippen molar-refractivity contribution < 1.29 is 9.84 Å². The van der Waals surface area contributed by atoms with Gasteiger partial charge in [0, 0.05) is 31.9 Å². The van der Waals surface area contributed by atoms with E-state index in [0.717, 1.165) is 39.3 Å². The fourth-order valence-electron chi connectivity index (χ4n) is 2.17. The van der Waals surface area contributed by atoms with Crippen LogP contribution in [0.5, 0.6) is 0 Å². The van der Waals surface area contributed by atoms with Crippen molar-refractivity contribution in [3.05, 3.63) is 29.8 Å². The molecule has 1 fully saturated rings. The molecule has 1 aromatic carbocycles. The second-order valence-corrected chi connectivity index (χ2v) is 4.96. The van der Waals surface area contributed by atoms with Gasteiger partial charge in [0.15, 0.2) is 0 Å². The molecule has 0 bridgehead atoms. The van der Waals surface area contributed by atoms with Gasteiger partial charge in [-0.1, -0.05) is 19.1 Å². The number of anilines is 1. The zero-order valence-electron chi connectivity index (χ0n) is 11.6. The van der Waals surface area contributed by atoms with Crippen LogP contribution in [0.25, 0.3) is 0 Å². The van der Waals surface area contributed by atoms with E-state index in [1.807, 2.05) is 6.92 Å². The summed E-state index contributed by atoms with van der Waals surface area (Å²) in [5, 5.41) is 12.7. The number of aliphatic hydroxyl groups is 1. The molecule has 1 heterocycles. The fraction of sp³-hybridized carbons (Fsp3) is 0.600. The molecule has 1 unspecified atom stereocenters. The average molecular weight is 264 g/mol. The second-order valence-electron chi connectivity index (χ2n) is 4.96. The lowest BCUT2D eigenvalue weighted by Crippen LogP contribution is -2.36. The van der Waals surface area contributed by atoms with Crippen LogP contribution in [0, 0.1) is 0 Å². The first kappa shape index (κ1) is 14.3. The minimum absolute atomic E-state index is 0.243. The SMILES string of the molecule is CCC(O)CNCc1ccc(N2CCOCC2)cc1. The Hall–Kier alpha value is -1.10. The third-order valence-electron chi connectivity index (χ3n) is 3.49. The molecule has 1 aliphatic heterocycles. The molecule has 0 aliphatic carbocycles. The number of rotatable bonds is 6. The Morgan fingerprint density at radius 1 is 1.26 bits per heavy atom. The molecule has 2 N–H and O–H groups in total. The van der Waals surface area contributed by atoms with Crippen molar-refractivity contribution >= 4 is 5.69 Å². The monoisotopic (exact) mass is 264 g/mol. The van der Waals surface area contributed by atoms with E-state index in [0.29, 0.717) is 6.54 Å². The molecule has 1 aliphatic rings. The Balaban J connectivity index is 1.80. The lowest BCUT2D eigenvalue weighted by atomic mass is 10.2. The van der Waals surface area contributed by atoms with Crippen molar-refractivity contribution in [3.63, 3.8) is 0 Å². The standard InChI is InChI=1S/C15H24N2O2/c1-2-15(18)12-16-11-13-3-5-14(6-4-13)17-7-9-19-10-8-17/h3-6,15-16,18H,2,7-12H2,1H3. The van der Waals surface area contributed by atoms with Crippen LogP contribution in [-0.4, -0.2) is 44.1 Å². The molecule has 0 radical (unpaired) electrons. The molecule has 106 valence electrons. The topological polar surface area (TPSA) is 44.7 Å². The Kier molecular flexibility index (Phi) is 5.63. The summed E-state index contributed by atoms with van der Waals surface area (Å²) in [4.78, 5) is 2.35. The van der Waals surface area contributed by atoms with Gasteiger partial charge in [-0.3, -0.25) is 0 Å². The first-order valence-electron chi connectivity index (χ1n) is 7.10. The van der Waals surface area contributed by atoms with Gasteiger partial charge in [0.2, 0.25) is 0 Å². The smallest absolute Gasteiger partial charge is 0.0662 e. The van der Waals surface area contributed by atoms with Gasteiger partial charge < -0.3 is 20.1 Å². The third-order valence-corrected chi connectivity index (χ3v) is 3.49. The van der Waals surface area contributed by atoms with Crippen molar-refractivity contribution in [1.29, 1.82) is 0 Å². The third kappa shape index (κ3) is 4.49. The lowest BCUT2D eigenvalue weighted by molar-refractivity contribution is 0.122. The second kappa shape index (κ2) is 7.48. The maximum Gasteiger partial charge on any atom is 0.0662 e. The quantitative estimate of drug-likeness (QED) is 0.815. The average Bonchev–Trinajstić information content (AvgIpc) is 2.48. The number of aliphatic hydroxyl groups excluding tert-OH is 1. The van der Waals surface area contributed by atoms with Crippen LogP contribution in [0.1, 0.15) is 18.9 Å². The first-order valence-corrected chi connectivity index (χ1v) is 7.10. The van der Waals surface area contributed by atoms with Gasteiger partial charge in [0.05, 0.1) is 19.3 Å². The number of morpholine rings is 1. The van der Waals surface area contributed by atoms with Crippen molar-refractivity contribution in [2.24, 2.45) is 0 Å². The lowest BCUT2D eigenvalue weighted by Gasteiger charge is -2.28. The van der Waals surface area contributed by atoms with Crippen LogP contribution in [0.4, 0.5) is 5.69 Å². The van der Waals surface area contributed by atoms with Gasteiger partial charge in [0.1, 0.15) is 0 Å². The minimum Gasteiger partial charge on any atom is -0.392 e. The number of ether oxygens (including phenoxy) is 1. The Morgan fingerprint density at radius 3 is 2.58 bits per heavy atom. The van der Waals surface area contributed by atoms with E-state index in [2.05, 4.69) is 34.5 Å². The van der Waals surface area contributed by atoms with Crippen LogP contribution in [-0.2, 0) is 11.3 Å². The van der Waals surface area contributed by atoms with Crippen molar-refractivity contribution in [2.75, 3.05) is 37.7 Å². The molecule has 1 saturated heterocycles. The normalized spacial score (nSPS) is 17.5. The molecule has 0 saturated carbocycles. The predicted molar refractivity (Wildman–Crippen MR) is 77.5 cm³/mol. The van der Waals surface area contributed by atoms with Crippen LogP contribution >= 0.6 is 0 Å². The van der Waals surface area contributed by atoms with Crippen LogP contribution in [0.15, 0.2) is 24.3 Å². The minimum atomic E-state index is -0.243. The summed E-state index contributed by atoms with van der Waals surface area (Å²) in [7, 11) is 0. The molecule has 0 amide bonds. The van der Waals surface area contributed by atoms with Crippen molar-refractivity contribution in [2.45, 2.75) is 26.0 Å². The Morgan fingerprint density at radius 2 is 1.95 bits per heavy atom. The summed E-state index contributed by atoms with van der Waals surface area (Å²) >= 11 is 0. The fourth-order valence-corrected chi connectivity index (χ4v) is 2.17. The molecule has 19 heavy (non-hydrogen) atoms.